The fourth-order valence-electron chi connectivity index (χ4n) is 1.57. The number of fused-ring (bicyclic) bond motifs is 3. The lowest BCUT2D eigenvalue weighted by molar-refractivity contribution is -0.133. The van der Waals surface area contributed by atoms with E-state index in [0.29, 0.717) is 5.16 Å². The molecule has 1 N–H and O–H groups in total. The molecule has 3 aromatic rings. The molecule has 0 spiro atoms. The van der Waals surface area contributed by atoms with Crippen LogP contribution in [0.3, 0.4) is 0 Å². The van der Waals surface area contributed by atoms with Crippen LogP contribution >= 0.6 is 23.1 Å². The first-order valence-corrected chi connectivity index (χ1v) is 6.89. The van der Waals surface area contributed by atoms with Gasteiger partial charge in [0.1, 0.15) is 4.83 Å². The van der Waals surface area contributed by atoms with Crippen LogP contribution in [0, 0.1) is 0 Å². The minimum absolute atomic E-state index is 0.0359. The predicted molar refractivity (Wildman–Crippen MR) is 71.1 cm³/mol. The first kappa shape index (κ1) is 11.4. The second-order valence-corrected chi connectivity index (χ2v) is 5.48. The van der Waals surface area contributed by atoms with Gasteiger partial charge in [0.25, 0.3) is 0 Å². The maximum atomic E-state index is 10.5. The van der Waals surface area contributed by atoms with Crippen LogP contribution in [-0.2, 0) is 4.79 Å². The lowest BCUT2D eigenvalue weighted by Crippen LogP contribution is -1.98. The summed E-state index contributed by atoms with van der Waals surface area (Å²) in [7, 11) is 0. The van der Waals surface area contributed by atoms with Crippen molar-refractivity contribution in [2.24, 2.45) is 0 Å². The van der Waals surface area contributed by atoms with E-state index in [-0.39, 0.29) is 5.75 Å². The number of pyridine rings is 1. The molecule has 0 saturated heterocycles. The molecule has 0 aliphatic carbocycles. The van der Waals surface area contributed by atoms with Crippen LogP contribution in [0.2, 0.25) is 0 Å². The summed E-state index contributed by atoms with van der Waals surface area (Å²) in [5.74, 6) is -0.910. The zero-order valence-electron chi connectivity index (χ0n) is 9.03. The lowest BCUT2D eigenvalue weighted by atomic mass is 10.3. The molecule has 3 heterocycles. The fraction of sp³-hybridized carbons (Fsp3) is 0.0909. The van der Waals surface area contributed by atoms with Gasteiger partial charge in [-0.1, -0.05) is 11.8 Å². The lowest BCUT2D eigenvalue weighted by Gasteiger charge is -1.96. The standard InChI is InChI=1S/C11H7N3O2S2/c15-8(16)5-17-11-13-4-7-9(14-11)6-2-1-3-12-10(6)18-7/h1-4H,5H2,(H,15,16). The second-order valence-electron chi connectivity index (χ2n) is 3.51. The number of aromatic nitrogens is 3. The van der Waals surface area contributed by atoms with Crippen molar-refractivity contribution < 1.29 is 9.90 Å². The van der Waals surface area contributed by atoms with Gasteiger partial charge in [-0.15, -0.1) is 11.3 Å². The van der Waals surface area contributed by atoms with Crippen LogP contribution in [0.1, 0.15) is 0 Å². The van der Waals surface area contributed by atoms with Gasteiger partial charge in [-0.2, -0.15) is 0 Å². The zero-order chi connectivity index (χ0) is 12.5. The Balaban J connectivity index is 2.09. The monoisotopic (exact) mass is 277 g/mol. The molecule has 0 radical (unpaired) electrons. The Bertz CT molecular complexity index is 741. The van der Waals surface area contributed by atoms with E-state index >= 15 is 0 Å². The summed E-state index contributed by atoms with van der Waals surface area (Å²) in [4.78, 5) is 24.2. The van der Waals surface area contributed by atoms with E-state index in [2.05, 4.69) is 15.0 Å². The van der Waals surface area contributed by atoms with E-state index in [1.54, 1.807) is 12.4 Å². The average Bonchev–Trinajstić information content (AvgIpc) is 2.74. The molecule has 18 heavy (non-hydrogen) atoms. The van der Waals surface area contributed by atoms with Gasteiger partial charge in [0.05, 0.1) is 16.0 Å². The number of thiophene rings is 1. The summed E-state index contributed by atoms with van der Waals surface area (Å²) < 4.78 is 0.961. The van der Waals surface area contributed by atoms with E-state index in [4.69, 9.17) is 5.11 Å². The number of rotatable bonds is 3. The van der Waals surface area contributed by atoms with Gasteiger partial charge in [0, 0.05) is 17.8 Å². The molecular formula is C11H7N3O2S2. The molecule has 0 atom stereocenters. The summed E-state index contributed by atoms with van der Waals surface area (Å²) in [6, 6.07) is 3.82. The fourth-order valence-corrected chi connectivity index (χ4v) is 3.06. The molecule has 0 unspecified atom stereocenters. The van der Waals surface area contributed by atoms with Gasteiger partial charge in [0.15, 0.2) is 5.16 Å². The zero-order valence-corrected chi connectivity index (χ0v) is 10.7. The van der Waals surface area contributed by atoms with Gasteiger partial charge >= 0.3 is 5.97 Å². The van der Waals surface area contributed by atoms with E-state index in [1.807, 2.05) is 12.1 Å². The summed E-state index contributed by atoms with van der Waals surface area (Å²) in [5.41, 5.74) is 0.839. The molecule has 0 saturated carbocycles. The van der Waals surface area contributed by atoms with Gasteiger partial charge in [-0.25, -0.2) is 15.0 Å². The highest BCUT2D eigenvalue weighted by Crippen LogP contribution is 2.31. The summed E-state index contributed by atoms with van der Waals surface area (Å²) in [5, 5.41) is 10.1. The van der Waals surface area contributed by atoms with E-state index in [9.17, 15) is 4.79 Å². The normalized spacial score (nSPS) is 11.1. The smallest absolute Gasteiger partial charge is 0.313 e. The largest absolute Gasteiger partial charge is 0.481 e. The predicted octanol–water partition coefficient (Wildman–Crippen LogP) is 2.42. The van der Waals surface area contributed by atoms with Gasteiger partial charge in [0.2, 0.25) is 0 Å². The van der Waals surface area contributed by atoms with Gasteiger partial charge in [-0.3, -0.25) is 4.79 Å². The Morgan fingerprint density at radius 2 is 2.33 bits per heavy atom. The molecule has 0 bridgehead atoms. The number of thioether (sulfide) groups is 1. The minimum Gasteiger partial charge on any atom is -0.481 e. The average molecular weight is 277 g/mol. The molecule has 90 valence electrons. The van der Waals surface area contributed by atoms with Crippen molar-refractivity contribution in [1.82, 2.24) is 15.0 Å². The Hall–Kier alpha value is -1.73. The van der Waals surface area contributed by atoms with Crippen LogP contribution in [0.15, 0.2) is 29.7 Å². The highest BCUT2D eigenvalue weighted by Gasteiger charge is 2.09. The van der Waals surface area contributed by atoms with Crippen molar-refractivity contribution in [1.29, 1.82) is 0 Å². The Kier molecular flexibility index (Phi) is 2.85. The third-order valence-electron chi connectivity index (χ3n) is 2.29. The van der Waals surface area contributed by atoms with Crippen molar-refractivity contribution in [2.45, 2.75) is 5.16 Å². The quantitative estimate of drug-likeness (QED) is 0.585. The number of nitrogens with zero attached hydrogens (tertiary/aromatic N) is 3. The molecule has 0 aliphatic heterocycles. The van der Waals surface area contributed by atoms with Crippen LogP contribution < -0.4 is 0 Å². The first-order valence-electron chi connectivity index (χ1n) is 5.09. The third kappa shape index (κ3) is 2.02. The Morgan fingerprint density at radius 3 is 3.17 bits per heavy atom. The molecule has 0 fully saturated rings. The van der Waals surface area contributed by atoms with Crippen LogP contribution in [0.25, 0.3) is 20.4 Å². The minimum atomic E-state index is -0.874. The number of hydrogen-bond acceptors (Lipinski definition) is 6. The topological polar surface area (TPSA) is 76.0 Å². The molecule has 3 aromatic heterocycles. The van der Waals surface area contributed by atoms with Gasteiger partial charge < -0.3 is 5.11 Å². The van der Waals surface area contributed by atoms with E-state index < -0.39 is 5.97 Å². The first-order chi connectivity index (χ1) is 8.74. The third-order valence-corrected chi connectivity index (χ3v) is 4.17. The highest BCUT2D eigenvalue weighted by molar-refractivity contribution is 7.99. The molecule has 7 heteroatoms. The molecule has 0 aromatic carbocycles. The summed E-state index contributed by atoms with van der Waals surface area (Å²) in [6.07, 6.45) is 3.46. The number of aliphatic carboxylic acids is 1. The molecule has 0 amide bonds. The molecule has 3 rings (SSSR count). The Labute approximate surface area is 110 Å². The number of carboxylic acids is 1. The van der Waals surface area contributed by atoms with Crippen LogP contribution in [0.4, 0.5) is 0 Å². The van der Waals surface area contributed by atoms with Crippen molar-refractivity contribution in [3.63, 3.8) is 0 Å². The number of carboxylic acid groups (broad SMARTS) is 1. The van der Waals surface area contributed by atoms with Crippen LogP contribution in [-0.4, -0.2) is 31.8 Å². The van der Waals surface area contributed by atoms with E-state index in [0.717, 1.165) is 32.2 Å². The SMILES string of the molecule is O=C(O)CSc1ncc2sc3ncccc3c2n1. The highest BCUT2D eigenvalue weighted by atomic mass is 32.2. The van der Waals surface area contributed by atoms with Crippen molar-refractivity contribution in [3.8, 4) is 0 Å². The maximum Gasteiger partial charge on any atom is 0.313 e. The van der Waals surface area contributed by atoms with Crippen molar-refractivity contribution in [3.05, 3.63) is 24.5 Å². The molecule has 5 nitrogen and oxygen atoms in total. The second kappa shape index (κ2) is 4.51. The molecular weight excluding hydrogens is 270 g/mol. The van der Waals surface area contributed by atoms with Gasteiger partial charge in [-0.05, 0) is 12.1 Å². The summed E-state index contributed by atoms with van der Waals surface area (Å²) >= 11 is 2.65. The number of carbonyl (C=O) groups is 1. The van der Waals surface area contributed by atoms with Crippen molar-refractivity contribution >= 4 is 49.5 Å². The van der Waals surface area contributed by atoms with Crippen molar-refractivity contribution in [2.75, 3.05) is 5.75 Å². The van der Waals surface area contributed by atoms with E-state index in [1.165, 1.54) is 11.3 Å². The summed E-state index contributed by atoms with van der Waals surface area (Å²) in [6.45, 7) is 0. The van der Waals surface area contributed by atoms with Crippen LogP contribution in [0.5, 0.6) is 0 Å². The number of hydrogen-bond donors (Lipinski definition) is 1. The Morgan fingerprint density at radius 1 is 1.44 bits per heavy atom. The maximum absolute atomic E-state index is 10.5. The molecule has 0 aliphatic rings.